The maximum absolute atomic E-state index is 10.7. The Hall–Kier alpha value is -1.95. The minimum atomic E-state index is -0.413. The molecule has 1 heterocycles. The summed E-state index contributed by atoms with van der Waals surface area (Å²) in [7, 11) is 0. The Kier molecular flexibility index (Phi) is 3.88. The van der Waals surface area contributed by atoms with E-state index >= 15 is 0 Å². The number of anilines is 1. The summed E-state index contributed by atoms with van der Waals surface area (Å²) in [6.07, 6.45) is 3.42. The zero-order chi connectivity index (χ0) is 13.0. The molecule has 0 radical (unpaired) electrons. The molecule has 6 heteroatoms. The van der Waals surface area contributed by atoms with Crippen LogP contribution in [0, 0.1) is 10.1 Å². The number of benzene rings is 1. The van der Waals surface area contributed by atoms with Crippen LogP contribution in [-0.2, 0) is 6.54 Å². The van der Waals surface area contributed by atoms with Gasteiger partial charge in [0.25, 0.3) is 5.69 Å². The maximum Gasteiger partial charge on any atom is 0.271 e. The van der Waals surface area contributed by atoms with Gasteiger partial charge < -0.3 is 5.32 Å². The van der Waals surface area contributed by atoms with E-state index in [2.05, 4.69) is 26.2 Å². The summed E-state index contributed by atoms with van der Waals surface area (Å²) in [5.41, 5.74) is 1.82. The highest BCUT2D eigenvalue weighted by atomic mass is 79.9. The van der Waals surface area contributed by atoms with Crippen molar-refractivity contribution in [1.82, 2.24) is 4.98 Å². The second-order valence-corrected chi connectivity index (χ2v) is 4.48. The highest BCUT2D eigenvalue weighted by Crippen LogP contribution is 2.27. The summed E-state index contributed by atoms with van der Waals surface area (Å²) in [5, 5.41) is 13.8. The van der Waals surface area contributed by atoms with E-state index in [-0.39, 0.29) is 5.69 Å². The zero-order valence-corrected chi connectivity index (χ0v) is 10.9. The summed E-state index contributed by atoms with van der Waals surface area (Å²) < 4.78 is 0.794. The van der Waals surface area contributed by atoms with Crippen LogP contribution in [0.4, 0.5) is 11.4 Å². The lowest BCUT2D eigenvalue weighted by Crippen LogP contribution is -2.00. The summed E-state index contributed by atoms with van der Waals surface area (Å²) in [6, 6.07) is 8.40. The summed E-state index contributed by atoms with van der Waals surface area (Å²) in [4.78, 5) is 14.2. The van der Waals surface area contributed by atoms with E-state index in [0.29, 0.717) is 12.2 Å². The third kappa shape index (κ3) is 3.04. The van der Waals surface area contributed by atoms with Gasteiger partial charge in [-0.1, -0.05) is 0 Å². The van der Waals surface area contributed by atoms with Crippen LogP contribution in [0.2, 0.25) is 0 Å². The molecule has 1 N–H and O–H groups in total. The van der Waals surface area contributed by atoms with Crippen molar-refractivity contribution in [3.63, 3.8) is 0 Å². The molecule has 2 aromatic rings. The first-order valence-electron chi connectivity index (χ1n) is 5.23. The highest BCUT2D eigenvalue weighted by molar-refractivity contribution is 9.10. The molecule has 0 unspecified atom stereocenters. The number of nitro groups is 1. The molecule has 18 heavy (non-hydrogen) atoms. The molecule has 0 bridgehead atoms. The fraction of sp³-hybridized carbons (Fsp3) is 0.0833. The first kappa shape index (κ1) is 12.5. The van der Waals surface area contributed by atoms with E-state index in [1.165, 1.54) is 12.1 Å². The zero-order valence-electron chi connectivity index (χ0n) is 9.34. The molecule has 0 aliphatic rings. The van der Waals surface area contributed by atoms with Gasteiger partial charge in [0, 0.05) is 35.5 Å². The number of aromatic nitrogens is 1. The Labute approximate surface area is 112 Å². The Bertz CT molecular complexity index is 561. The smallest absolute Gasteiger partial charge is 0.271 e. The summed E-state index contributed by atoms with van der Waals surface area (Å²) in [6.45, 7) is 0.586. The van der Waals surface area contributed by atoms with Crippen molar-refractivity contribution in [1.29, 1.82) is 0 Å². The normalized spacial score (nSPS) is 10.1. The monoisotopic (exact) mass is 307 g/mol. The van der Waals surface area contributed by atoms with E-state index in [9.17, 15) is 10.1 Å². The lowest BCUT2D eigenvalue weighted by molar-refractivity contribution is -0.384. The minimum Gasteiger partial charge on any atom is -0.380 e. The van der Waals surface area contributed by atoms with Gasteiger partial charge in [0.15, 0.2) is 0 Å². The van der Waals surface area contributed by atoms with Crippen molar-refractivity contribution in [3.8, 4) is 0 Å². The number of nitrogens with one attached hydrogen (secondary N) is 1. The van der Waals surface area contributed by atoms with Gasteiger partial charge in [0.2, 0.25) is 0 Å². The number of hydrogen-bond donors (Lipinski definition) is 1. The topological polar surface area (TPSA) is 68.1 Å². The summed E-state index contributed by atoms with van der Waals surface area (Å²) >= 11 is 3.36. The number of pyridine rings is 1. The predicted octanol–water partition coefficient (Wildman–Crippen LogP) is 3.36. The fourth-order valence-electron chi connectivity index (χ4n) is 1.46. The standard InChI is InChI=1S/C12H10BrN3O2/c13-11-2-1-10(16(17)18)7-12(11)15-8-9-3-5-14-6-4-9/h1-7,15H,8H2. The predicted molar refractivity (Wildman–Crippen MR) is 72.4 cm³/mol. The molecule has 2 rings (SSSR count). The second-order valence-electron chi connectivity index (χ2n) is 3.63. The van der Waals surface area contributed by atoms with Crippen LogP contribution >= 0.6 is 15.9 Å². The quantitative estimate of drug-likeness (QED) is 0.694. The Morgan fingerprint density at radius 1 is 1.28 bits per heavy atom. The van der Waals surface area contributed by atoms with Crippen LogP contribution in [0.15, 0.2) is 47.2 Å². The van der Waals surface area contributed by atoms with Crippen molar-refractivity contribution in [2.24, 2.45) is 0 Å². The Morgan fingerprint density at radius 3 is 2.67 bits per heavy atom. The van der Waals surface area contributed by atoms with Gasteiger partial charge in [-0.05, 0) is 39.7 Å². The van der Waals surface area contributed by atoms with Crippen LogP contribution in [0.25, 0.3) is 0 Å². The molecular weight excluding hydrogens is 298 g/mol. The molecular formula is C12H10BrN3O2. The van der Waals surface area contributed by atoms with Gasteiger partial charge in [-0.3, -0.25) is 15.1 Å². The van der Waals surface area contributed by atoms with Gasteiger partial charge in [0.05, 0.1) is 10.6 Å². The van der Waals surface area contributed by atoms with Gasteiger partial charge in [0.1, 0.15) is 0 Å². The van der Waals surface area contributed by atoms with Crippen molar-refractivity contribution >= 4 is 27.3 Å². The largest absolute Gasteiger partial charge is 0.380 e. The number of hydrogen-bond acceptors (Lipinski definition) is 4. The van der Waals surface area contributed by atoms with E-state index in [0.717, 1.165) is 10.0 Å². The molecule has 0 saturated carbocycles. The first-order valence-corrected chi connectivity index (χ1v) is 6.03. The van der Waals surface area contributed by atoms with Crippen molar-refractivity contribution in [2.45, 2.75) is 6.54 Å². The average Bonchev–Trinajstić information content (AvgIpc) is 2.38. The molecule has 1 aromatic carbocycles. The third-order valence-corrected chi connectivity index (χ3v) is 3.08. The minimum absolute atomic E-state index is 0.0652. The molecule has 0 aliphatic heterocycles. The number of nitro benzene ring substituents is 1. The van der Waals surface area contributed by atoms with Crippen LogP contribution in [-0.4, -0.2) is 9.91 Å². The van der Waals surface area contributed by atoms with Crippen LogP contribution in [0.5, 0.6) is 0 Å². The molecule has 0 saturated heterocycles. The lowest BCUT2D eigenvalue weighted by atomic mass is 10.2. The molecule has 0 fully saturated rings. The second kappa shape index (κ2) is 5.59. The highest BCUT2D eigenvalue weighted by Gasteiger charge is 2.08. The number of rotatable bonds is 4. The van der Waals surface area contributed by atoms with E-state index < -0.39 is 4.92 Å². The SMILES string of the molecule is O=[N+]([O-])c1ccc(Br)c(NCc2ccncc2)c1. The van der Waals surface area contributed by atoms with Crippen molar-refractivity contribution in [3.05, 3.63) is 62.9 Å². The first-order chi connectivity index (χ1) is 8.66. The van der Waals surface area contributed by atoms with Crippen LogP contribution in [0.1, 0.15) is 5.56 Å². The van der Waals surface area contributed by atoms with Crippen molar-refractivity contribution in [2.75, 3.05) is 5.32 Å². The van der Waals surface area contributed by atoms with E-state index in [1.807, 2.05) is 12.1 Å². The van der Waals surface area contributed by atoms with E-state index in [4.69, 9.17) is 0 Å². The molecule has 0 atom stereocenters. The molecule has 0 amide bonds. The number of non-ortho nitro benzene ring substituents is 1. The Balaban J connectivity index is 2.14. The maximum atomic E-state index is 10.7. The molecule has 1 aromatic heterocycles. The Morgan fingerprint density at radius 2 is 2.00 bits per heavy atom. The van der Waals surface area contributed by atoms with Gasteiger partial charge in [-0.2, -0.15) is 0 Å². The number of halogens is 1. The van der Waals surface area contributed by atoms with Gasteiger partial charge in [-0.15, -0.1) is 0 Å². The van der Waals surface area contributed by atoms with Crippen LogP contribution < -0.4 is 5.32 Å². The lowest BCUT2D eigenvalue weighted by Gasteiger charge is -2.08. The number of nitrogens with zero attached hydrogens (tertiary/aromatic N) is 2. The average molecular weight is 308 g/mol. The third-order valence-electron chi connectivity index (χ3n) is 2.39. The molecule has 0 aliphatic carbocycles. The van der Waals surface area contributed by atoms with Crippen LogP contribution in [0.3, 0.4) is 0 Å². The molecule has 0 spiro atoms. The summed E-state index contributed by atoms with van der Waals surface area (Å²) in [5.74, 6) is 0. The van der Waals surface area contributed by atoms with E-state index in [1.54, 1.807) is 18.5 Å². The molecule has 5 nitrogen and oxygen atoms in total. The van der Waals surface area contributed by atoms with Gasteiger partial charge >= 0.3 is 0 Å². The van der Waals surface area contributed by atoms with Crippen molar-refractivity contribution < 1.29 is 4.92 Å². The van der Waals surface area contributed by atoms with Gasteiger partial charge in [-0.25, -0.2) is 0 Å². The fourth-order valence-corrected chi connectivity index (χ4v) is 1.85. The molecule has 92 valence electrons.